The number of furan rings is 1. The van der Waals surface area contributed by atoms with Crippen LogP contribution in [-0.2, 0) is 21.7 Å². The van der Waals surface area contributed by atoms with E-state index in [4.69, 9.17) is 4.42 Å². The van der Waals surface area contributed by atoms with Crippen molar-refractivity contribution < 1.29 is 4.42 Å². The first-order chi connectivity index (χ1) is 26.1. The predicted octanol–water partition coefficient (Wildman–Crippen LogP) is 12.3. The van der Waals surface area contributed by atoms with E-state index in [9.17, 15) is 0 Å². The maximum atomic E-state index is 7.47. The Morgan fingerprint density at radius 2 is 1.02 bits per heavy atom. The molecular weight excluding hydrogens is 667 g/mol. The second-order valence-corrected chi connectivity index (χ2v) is 20.1. The van der Waals surface area contributed by atoms with Crippen molar-refractivity contribution in [3.63, 3.8) is 0 Å². The number of fused-ring (bicyclic) bond motifs is 8. The number of para-hydroxylation sites is 2. The number of hydrogen-bond donors (Lipinski definition) is 0. The molecule has 0 fully saturated rings. The number of anilines is 6. The van der Waals surface area contributed by atoms with Crippen molar-refractivity contribution >= 4 is 68.4 Å². The lowest BCUT2D eigenvalue weighted by Gasteiger charge is -2.46. The van der Waals surface area contributed by atoms with Gasteiger partial charge in [-0.3, -0.25) is 0 Å². The highest BCUT2D eigenvalue weighted by atomic mass is 16.3. The zero-order chi connectivity index (χ0) is 38.4. The van der Waals surface area contributed by atoms with Gasteiger partial charge in [0.15, 0.2) is 0 Å². The van der Waals surface area contributed by atoms with Crippen molar-refractivity contribution in [3.8, 4) is 0 Å². The molecule has 3 nitrogen and oxygen atoms in total. The second-order valence-electron chi connectivity index (χ2n) is 20.1. The van der Waals surface area contributed by atoms with Gasteiger partial charge >= 0.3 is 0 Å². The SMILES string of the molecule is CC(C)c1cc2c3c(c1)N(c1ccccc1)c1c(oc4cc5c(cc14)C(C)(C)CCC5(C)C)B3c1cc3c(cc1N2c1ccccc1)C(C)(C)CCC3(C)C. The van der Waals surface area contributed by atoms with Crippen LogP contribution < -0.4 is 26.4 Å². The van der Waals surface area contributed by atoms with E-state index in [1.165, 1.54) is 98.2 Å². The van der Waals surface area contributed by atoms with Crippen LogP contribution in [-0.4, -0.2) is 6.71 Å². The minimum absolute atomic E-state index is 0.0623. The van der Waals surface area contributed by atoms with Crippen LogP contribution in [0.2, 0.25) is 0 Å². The molecule has 0 spiro atoms. The molecule has 2 aliphatic heterocycles. The zero-order valence-corrected chi connectivity index (χ0v) is 34.5. The summed E-state index contributed by atoms with van der Waals surface area (Å²) in [6, 6.07) is 37.2. The largest absolute Gasteiger partial charge is 0.468 e. The van der Waals surface area contributed by atoms with Crippen LogP contribution in [0, 0.1) is 0 Å². The van der Waals surface area contributed by atoms with Crippen LogP contribution >= 0.6 is 0 Å². The highest BCUT2D eigenvalue weighted by Gasteiger charge is 2.49. The zero-order valence-electron chi connectivity index (χ0n) is 34.5. The van der Waals surface area contributed by atoms with Crippen molar-refractivity contribution in [2.45, 2.75) is 122 Å². The van der Waals surface area contributed by atoms with Crippen molar-refractivity contribution in [2.24, 2.45) is 0 Å². The standard InChI is InChI=1S/C51H55BN2O/c1-31(2)32-25-42-45-43(26-32)54(34-19-15-12-16-20-34)46-35-27-36-39(51(9,10)24-21-48(36,3)4)30-44(35)55-47(46)52(45)40-28-37-38(50(7,8)23-22-49(37,5)6)29-41(40)53(42)33-17-13-11-14-18-33/h11-20,25-31H,21-24H2,1-10H3. The summed E-state index contributed by atoms with van der Waals surface area (Å²) in [5, 5.41) is 1.22. The van der Waals surface area contributed by atoms with Crippen LogP contribution in [0.5, 0.6) is 0 Å². The van der Waals surface area contributed by atoms with Crippen LogP contribution in [0.3, 0.4) is 0 Å². The topological polar surface area (TPSA) is 19.6 Å². The van der Waals surface area contributed by atoms with Gasteiger partial charge in [0.25, 0.3) is 6.71 Å². The molecule has 0 atom stereocenters. The first-order valence-corrected chi connectivity index (χ1v) is 20.8. The third-order valence-corrected chi connectivity index (χ3v) is 14.3. The second kappa shape index (κ2) is 11.4. The van der Waals surface area contributed by atoms with E-state index in [0.717, 1.165) is 16.9 Å². The molecule has 4 aliphatic rings. The van der Waals surface area contributed by atoms with Gasteiger partial charge in [-0.1, -0.05) is 112 Å². The van der Waals surface area contributed by atoms with E-state index < -0.39 is 0 Å². The molecule has 3 heterocycles. The lowest BCUT2D eigenvalue weighted by atomic mass is 9.35. The van der Waals surface area contributed by atoms with Crippen molar-refractivity contribution in [1.82, 2.24) is 0 Å². The van der Waals surface area contributed by atoms with Gasteiger partial charge in [0.2, 0.25) is 0 Å². The minimum Gasteiger partial charge on any atom is -0.468 e. The summed E-state index contributed by atoms with van der Waals surface area (Å²) in [7, 11) is 0. The van der Waals surface area contributed by atoms with E-state index in [1.54, 1.807) is 0 Å². The summed E-state index contributed by atoms with van der Waals surface area (Å²) in [6.07, 6.45) is 4.70. The third-order valence-electron chi connectivity index (χ3n) is 14.3. The van der Waals surface area contributed by atoms with Gasteiger partial charge in [-0.25, -0.2) is 0 Å². The molecule has 278 valence electrons. The Balaban J connectivity index is 1.38. The lowest BCUT2D eigenvalue weighted by Crippen LogP contribution is -2.61. The molecule has 6 aromatic rings. The van der Waals surface area contributed by atoms with Gasteiger partial charge in [-0.15, -0.1) is 0 Å². The summed E-state index contributed by atoms with van der Waals surface area (Å²) < 4.78 is 7.47. The van der Waals surface area contributed by atoms with Crippen molar-refractivity contribution in [1.29, 1.82) is 0 Å². The third kappa shape index (κ3) is 4.95. The molecule has 0 bridgehead atoms. The molecule has 0 radical (unpaired) electrons. The Hall–Kier alpha value is -4.70. The fraction of sp³-hybridized carbons (Fsp3) is 0.373. The van der Waals surface area contributed by atoms with Gasteiger partial charge in [-0.2, -0.15) is 0 Å². The van der Waals surface area contributed by atoms with Crippen molar-refractivity contribution in [3.05, 3.63) is 125 Å². The molecule has 10 rings (SSSR count). The summed E-state index contributed by atoms with van der Waals surface area (Å²) in [4.78, 5) is 5.13. The average Bonchev–Trinajstić information content (AvgIpc) is 3.53. The predicted molar refractivity (Wildman–Crippen MR) is 235 cm³/mol. The molecule has 5 aromatic carbocycles. The quantitative estimate of drug-likeness (QED) is 0.169. The molecule has 0 amide bonds. The first kappa shape index (κ1) is 34.8. The van der Waals surface area contributed by atoms with Gasteiger partial charge in [0.1, 0.15) is 5.58 Å². The monoisotopic (exact) mass is 722 g/mol. The van der Waals surface area contributed by atoms with E-state index in [-0.39, 0.29) is 28.4 Å². The van der Waals surface area contributed by atoms with E-state index in [1.807, 2.05) is 0 Å². The molecule has 4 heteroatoms. The van der Waals surface area contributed by atoms with E-state index in [0.29, 0.717) is 5.92 Å². The number of nitrogens with zero attached hydrogens (tertiary/aromatic N) is 2. The Morgan fingerprint density at radius 3 is 1.56 bits per heavy atom. The number of benzene rings is 5. The lowest BCUT2D eigenvalue weighted by molar-refractivity contribution is 0.332. The molecule has 0 saturated heterocycles. The van der Waals surface area contributed by atoms with E-state index >= 15 is 0 Å². The first-order valence-electron chi connectivity index (χ1n) is 20.8. The summed E-state index contributed by atoms with van der Waals surface area (Å²) in [5.74, 6) is 0.345. The fourth-order valence-corrected chi connectivity index (χ4v) is 10.7. The molecular formula is C51H55BN2O. The molecule has 0 unspecified atom stereocenters. The summed E-state index contributed by atoms with van der Waals surface area (Å²) in [6.45, 7) is 24.1. The Bertz CT molecular complexity index is 2540. The maximum Gasteiger partial charge on any atom is 0.297 e. The fourth-order valence-electron chi connectivity index (χ4n) is 10.7. The highest BCUT2D eigenvalue weighted by Crippen LogP contribution is 2.53. The van der Waals surface area contributed by atoms with Crippen LogP contribution in [0.1, 0.15) is 129 Å². The van der Waals surface area contributed by atoms with E-state index in [2.05, 4.69) is 176 Å². The van der Waals surface area contributed by atoms with Crippen LogP contribution in [0.15, 0.2) is 101 Å². The van der Waals surface area contributed by atoms with Gasteiger partial charge in [0.05, 0.1) is 11.3 Å². The molecule has 0 saturated carbocycles. The highest BCUT2D eigenvalue weighted by molar-refractivity contribution is 7.00. The Morgan fingerprint density at radius 1 is 0.545 bits per heavy atom. The molecule has 55 heavy (non-hydrogen) atoms. The van der Waals surface area contributed by atoms with Gasteiger partial charge < -0.3 is 14.2 Å². The normalized spacial score (nSPS) is 19.4. The average molecular weight is 723 g/mol. The smallest absolute Gasteiger partial charge is 0.297 e. The number of hydrogen-bond acceptors (Lipinski definition) is 3. The van der Waals surface area contributed by atoms with Gasteiger partial charge in [0, 0.05) is 33.8 Å². The molecule has 1 aromatic heterocycles. The van der Waals surface area contributed by atoms with Gasteiger partial charge in [-0.05, 0) is 147 Å². The van der Waals surface area contributed by atoms with Crippen molar-refractivity contribution in [2.75, 3.05) is 9.80 Å². The Kier molecular flexibility index (Phi) is 7.23. The number of rotatable bonds is 3. The molecule has 2 aliphatic carbocycles. The van der Waals surface area contributed by atoms with Crippen LogP contribution in [0.25, 0.3) is 11.0 Å². The van der Waals surface area contributed by atoms with Crippen LogP contribution in [0.4, 0.5) is 34.1 Å². The maximum absolute atomic E-state index is 7.47. The summed E-state index contributed by atoms with van der Waals surface area (Å²) in [5.41, 5.74) is 19.6. The summed E-state index contributed by atoms with van der Waals surface area (Å²) >= 11 is 0. The minimum atomic E-state index is -0.0623. The molecule has 0 N–H and O–H groups in total. The Labute approximate surface area is 328 Å².